The molecule has 0 radical (unpaired) electrons. The zero-order valence-corrected chi connectivity index (χ0v) is 24.9. The highest BCUT2D eigenvalue weighted by Gasteiger charge is 2.09. The lowest BCUT2D eigenvalue weighted by Gasteiger charge is -2.03. The number of carboxylic acid groups (broad SMARTS) is 2. The number of carboxylic acids is 2. The highest BCUT2D eigenvalue weighted by Crippen LogP contribution is 2.07. The van der Waals surface area contributed by atoms with E-state index in [1.54, 1.807) is 12.1 Å². The van der Waals surface area contributed by atoms with Gasteiger partial charge >= 0.3 is 11.9 Å². The van der Waals surface area contributed by atoms with Crippen LogP contribution in [0.3, 0.4) is 0 Å². The Morgan fingerprint density at radius 3 is 1.71 bits per heavy atom. The SMILES string of the molecule is CCCCCc1ccc(C=O)cc1.NCCCC[C@H](N)C(=O)O.NCCc1ccccc1.O=C(O)Cc1ccccc1. The molecule has 0 heterocycles. The van der Waals surface area contributed by atoms with E-state index in [1.807, 2.05) is 60.7 Å². The topological polar surface area (TPSA) is 170 Å². The smallest absolute Gasteiger partial charge is 0.320 e. The molecular weight excluding hydrogens is 530 g/mol. The van der Waals surface area contributed by atoms with Crippen LogP contribution in [-0.4, -0.2) is 47.6 Å². The van der Waals surface area contributed by atoms with Crippen LogP contribution in [0.4, 0.5) is 0 Å². The van der Waals surface area contributed by atoms with E-state index in [1.165, 1.54) is 30.4 Å². The second kappa shape index (κ2) is 26.1. The first-order valence-electron chi connectivity index (χ1n) is 14.5. The van der Waals surface area contributed by atoms with Gasteiger partial charge in [0.05, 0.1) is 6.42 Å². The highest BCUT2D eigenvalue weighted by atomic mass is 16.4. The van der Waals surface area contributed by atoms with Gasteiger partial charge in [0.15, 0.2) is 0 Å². The number of aryl methyl sites for hydroxylation is 1. The Morgan fingerprint density at radius 2 is 1.26 bits per heavy atom. The quantitative estimate of drug-likeness (QED) is 0.127. The first kappa shape index (κ1) is 38.1. The first-order valence-corrected chi connectivity index (χ1v) is 14.5. The largest absolute Gasteiger partial charge is 0.481 e. The molecule has 0 bridgehead atoms. The molecule has 42 heavy (non-hydrogen) atoms. The fourth-order valence-corrected chi connectivity index (χ4v) is 3.56. The van der Waals surface area contributed by atoms with Gasteiger partial charge in [0.1, 0.15) is 12.3 Å². The van der Waals surface area contributed by atoms with Crippen molar-refractivity contribution in [2.45, 2.75) is 70.8 Å². The third-order valence-corrected chi connectivity index (χ3v) is 5.95. The fourth-order valence-electron chi connectivity index (χ4n) is 3.56. The van der Waals surface area contributed by atoms with Gasteiger partial charge in [0.25, 0.3) is 0 Å². The van der Waals surface area contributed by atoms with E-state index >= 15 is 0 Å². The summed E-state index contributed by atoms with van der Waals surface area (Å²) < 4.78 is 0. The van der Waals surface area contributed by atoms with Crippen LogP contribution >= 0.6 is 0 Å². The molecule has 0 aliphatic heterocycles. The molecule has 1 atom stereocenters. The summed E-state index contributed by atoms with van der Waals surface area (Å²) in [6, 6.07) is 26.5. The Balaban J connectivity index is 0.000000539. The maximum atomic E-state index is 10.4. The molecule has 0 spiro atoms. The van der Waals surface area contributed by atoms with Crippen molar-refractivity contribution in [3.63, 3.8) is 0 Å². The molecule has 3 aromatic rings. The Bertz CT molecular complexity index is 1080. The first-order chi connectivity index (χ1) is 20.3. The molecule has 0 aliphatic carbocycles. The van der Waals surface area contributed by atoms with Gasteiger partial charge in [-0.25, -0.2) is 0 Å². The number of aliphatic carboxylic acids is 2. The zero-order chi connectivity index (χ0) is 31.4. The lowest BCUT2D eigenvalue weighted by molar-refractivity contribution is -0.139. The Kier molecular flexibility index (Phi) is 23.7. The Morgan fingerprint density at radius 1 is 0.714 bits per heavy atom. The minimum absolute atomic E-state index is 0.112. The maximum Gasteiger partial charge on any atom is 0.320 e. The van der Waals surface area contributed by atoms with Crippen molar-refractivity contribution in [1.82, 2.24) is 0 Å². The van der Waals surface area contributed by atoms with Crippen LogP contribution in [0.25, 0.3) is 0 Å². The minimum atomic E-state index is -0.933. The second-order valence-electron chi connectivity index (χ2n) is 9.63. The van der Waals surface area contributed by atoms with Crippen molar-refractivity contribution < 1.29 is 24.6 Å². The average molecular weight is 580 g/mol. The number of rotatable bonds is 14. The molecule has 0 unspecified atom stereocenters. The van der Waals surface area contributed by atoms with Crippen LogP contribution < -0.4 is 17.2 Å². The van der Waals surface area contributed by atoms with Crippen LogP contribution in [0.5, 0.6) is 0 Å². The van der Waals surface area contributed by atoms with Gasteiger partial charge in [-0.15, -0.1) is 0 Å². The summed E-state index contributed by atoms with van der Waals surface area (Å²) in [5.41, 5.74) is 20.0. The monoisotopic (exact) mass is 579 g/mol. The third kappa shape index (κ3) is 21.9. The summed E-state index contributed by atoms with van der Waals surface area (Å²) in [6.45, 7) is 3.55. The standard InChI is InChI=1S/C12H16O.C8H11N.C8H8O2.C6H14N2O2/c1-2-3-4-5-11-6-8-12(10-13)9-7-11;9-7-6-8-4-2-1-3-5-8;9-8(10)6-7-4-2-1-3-5-7;7-4-2-1-3-5(8)6(9)10/h6-10H,2-5H2,1H3;1-5H,6-7,9H2;1-5H,6H2,(H,9,10);5H,1-4,7-8H2,(H,9,10)/t;;;5-/m...0/s1. The predicted molar refractivity (Wildman–Crippen MR) is 171 cm³/mol. The molecule has 3 rings (SSSR count). The molecule has 0 aliphatic rings. The van der Waals surface area contributed by atoms with E-state index in [0.717, 1.165) is 49.6 Å². The highest BCUT2D eigenvalue weighted by molar-refractivity contribution is 5.74. The van der Waals surface area contributed by atoms with Crippen LogP contribution in [0.15, 0.2) is 84.9 Å². The second-order valence-corrected chi connectivity index (χ2v) is 9.63. The minimum Gasteiger partial charge on any atom is -0.481 e. The number of carbonyl (C=O) groups excluding carboxylic acids is 1. The van der Waals surface area contributed by atoms with Gasteiger partial charge in [-0.1, -0.05) is 111 Å². The number of carbonyl (C=O) groups is 3. The molecule has 8 N–H and O–H groups in total. The van der Waals surface area contributed by atoms with Crippen molar-refractivity contribution >= 4 is 18.2 Å². The average Bonchev–Trinajstić information content (AvgIpc) is 3.00. The van der Waals surface area contributed by atoms with Crippen molar-refractivity contribution in [1.29, 1.82) is 0 Å². The van der Waals surface area contributed by atoms with E-state index in [0.29, 0.717) is 13.0 Å². The molecular formula is C34H49N3O5. The van der Waals surface area contributed by atoms with Crippen LogP contribution in [0.2, 0.25) is 0 Å². The summed E-state index contributed by atoms with van der Waals surface area (Å²) >= 11 is 0. The summed E-state index contributed by atoms with van der Waals surface area (Å²) in [7, 11) is 0. The molecule has 0 fully saturated rings. The molecule has 0 saturated heterocycles. The van der Waals surface area contributed by atoms with Crippen molar-refractivity contribution in [3.8, 4) is 0 Å². The van der Waals surface area contributed by atoms with E-state index < -0.39 is 18.0 Å². The predicted octanol–water partition coefficient (Wildman–Crippen LogP) is 5.26. The molecule has 0 amide bonds. The van der Waals surface area contributed by atoms with Gasteiger partial charge in [-0.3, -0.25) is 14.4 Å². The maximum absolute atomic E-state index is 10.4. The summed E-state index contributed by atoms with van der Waals surface area (Å²) in [5.74, 6) is -1.72. The normalized spacial score (nSPS) is 10.4. The molecule has 3 aromatic carbocycles. The molecule has 0 saturated carbocycles. The van der Waals surface area contributed by atoms with Crippen LogP contribution in [0.1, 0.15) is 72.5 Å². The van der Waals surface area contributed by atoms with E-state index in [4.69, 9.17) is 27.4 Å². The van der Waals surface area contributed by atoms with Crippen molar-refractivity contribution in [3.05, 3.63) is 107 Å². The van der Waals surface area contributed by atoms with Gasteiger partial charge in [-0.2, -0.15) is 0 Å². The Hall–Kier alpha value is -3.85. The molecule has 8 nitrogen and oxygen atoms in total. The molecule has 230 valence electrons. The van der Waals surface area contributed by atoms with Gasteiger partial charge in [0, 0.05) is 5.56 Å². The van der Waals surface area contributed by atoms with E-state index in [-0.39, 0.29) is 6.42 Å². The number of benzene rings is 3. The number of nitrogens with two attached hydrogens (primary N) is 3. The van der Waals surface area contributed by atoms with Crippen LogP contribution in [-0.2, 0) is 28.9 Å². The fraction of sp³-hybridized carbons (Fsp3) is 0.382. The van der Waals surface area contributed by atoms with Gasteiger partial charge in [-0.05, 0) is 61.9 Å². The third-order valence-electron chi connectivity index (χ3n) is 5.95. The number of unbranched alkanes of at least 4 members (excludes halogenated alkanes) is 3. The zero-order valence-electron chi connectivity index (χ0n) is 24.9. The number of hydrogen-bond donors (Lipinski definition) is 5. The van der Waals surface area contributed by atoms with Crippen molar-refractivity contribution in [2.75, 3.05) is 13.1 Å². The van der Waals surface area contributed by atoms with Crippen LogP contribution in [0, 0.1) is 0 Å². The molecule has 8 heteroatoms. The Labute approximate surface area is 250 Å². The number of aldehydes is 1. The van der Waals surface area contributed by atoms with Crippen molar-refractivity contribution in [2.24, 2.45) is 17.2 Å². The summed E-state index contributed by atoms with van der Waals surface area (Å²) in [4.78, 5) is 30.7. The van der Waals surface area contributed by atoms with Gasteiger partial charge < -0.3 is 27.4 Å². The molecule has 0 aromatic heterocycles. The van der Waals surface area contributed by atoms with Gasteiger partial charge in [0.2, 0.25) is 0 Å². The summed E-state index contributed by atoms with van der Waals surface area (Å²) in [5, 5.41) is 16.7. The lowest BCUT2D eigenvalue weighted by Crippen LogP contribution is -2.29. The summed E-state index contributed by atoms with van der Waals surface area (Å²) in [6.07, 6.45) is 9.07. The lowest BCUT2D eigenvalue weighted by atomic mass is 10.1. The number of hydrogen-bond acceptors (Lipinski definition) is 6. The van der Waals surface area contributed by atoms with E-state index in [9.17, 15) is 14.4 Å². The van der Waals surface area contributed by atoms with E-state index in [2.05, 4.69) is 19.1 Å².